The van der Waals surface area contributed by atoms with E-state index in [1.165, 1.54) is 29.2 Å². The highest BCUT2D eigenvalue weighted by Gasteiger charge is 2.17. The molecular weight excluding hydrogens is 309 g/mol. The summed E-state index contributed by atoms with van der Waals surface area (Å²) in [5.74, 6) is -0.692. The number of aliphatic hydroxyl groups excluding tert-OH is 1. The van der Waals surface area contributed by atoms with Crippen molar-refractivity contribution in [2.75, 3.05) is 25.4 Å². The molecule has 0 unspecified atom stereocenters. The van der Waals surface area contributed by atoms with Crippen LogP contribution in [0.25, 0.3) is 0 Å². The highest BCUT2D eigenvalue weighted by molar-refractivity contribution is 6.14. The minimum absolute atomic E-state index is 0.0480. The third-order valence-corrected chi connectivity index (χ3v) is 3.72. The molecule has 0 atom stereocenters. The molecule has 2 rings (SSSR count). The van der Waals surface area contributed by atoms with Crippen LogP contribution in [-0.4, -0.2) is 41.3 Å². The Labute approximate surface area is 140 Å². The number of carbonyl (C=O) groups is 1. The van der Waals surface area contributed by atoms with Gasteiger partial charge in [0.15, 0.2) is 0 Å². The van der Waals surface area contributed by atoms with Crippen LogP contribution in [-0.2, 0) is 0 Å². The summed E-state index contributed by atoms with van der Waals surface area (Å²) in [7, 11) is 0. The maximum atomic E-state index is 13.4. The summed E-state index contributed by atoms with van der Waals surface area (Å²) in [5, 5.41) is 17.3. The number of hydrogen-bond acceptors (Lipinski definition) is 4. The van der Waals surface area contributed by atoms with Crippen LogP contribution >= 0.6 is 0 Å². The molecule has 0 aliphatic heterocycles. The molecule has 4 N–H and O–H groups in total. The van der Waals surface area contributed by atoms with Crippen molar-refractivity contribution in [1.29, 1.82) is 5.41 Å². The molecule has 0 aliphatic carbocycles. The molecule has 0 saturated carbocycles. The van der Waals surface area contributed by atoms with Gasteiger partial charge in [-0.2, -0.15) is 0 Å². The lowest BCUT2D eigenvalue weighted by Gasteiger charge is -2.20. The fourth-order valence-corrected chi connectivity index (χ4v) is 2.41. The third-order valence-electron chi connectivity index (χ3n) is 3.72. The first-order valence-corrected chi connectivity index (χ1v) is 7.62. The molecule has 0 bridgehead atoms. The van der Waals surface area contributed by atoms with Crippen molar-refractivity contribution in [3.63, 3.8) is 0 Å². The monoisotopic (exact) mass is 329 g/mol. The molecule has 5 nitrogen and oxygen atoms in total. The Morgan fingerprint density at radius 2 is 2.00 bits per heavy atom. The number of nitrogen functional groups attached to an aromatic ring is 1. The van der Waals surface area contributed by atoms with Gasteiger partial charge in [-0.05, 0) is 37.3 Å². The number of amides is 1. The molecular formula is C18H20FN3O2. The number of rotatable bonds is 6. The van der Waals surface area contributed by atoms with Crippen molar-refractivity contribution in [2.24, 2.45) is 0 Å². The van der Waals surface area contributed by atoms with Crippen LogP contribution in [0.3, 0.4) is 0 Å². The van der Waals surface area contributed by atoms with Crippen LogP contribution in [0, 0.1) is 11.2 Å². The number of hydrogen-bond donors (Lipinski definition) is 3. The molecule has 0 aromatic heterocycles. The van der Waals surface area contributed by atoms with E-state index in [0.717, 1.165) is 0 Å². The average Bonchev–Trinajstić information content (AvgIpc) is 2.59. The van der Waals surface area contributed by atoms with Gasteiger partial charge in [0.25, 0.3) is 5.91 Å². The minimum Gasteiger partial charge on any atom is -0.398 e. The summed E-state index contributed by atoms with van der Waals surface area (Å²) in [6, 6.07) is 10.4. The van der Waals surface area contributed by atoms with Gasteiger partial charge in [-0.25, -0.2) is 4.39 Å². The first-order chi connectivity index (χ1) is 11.5. The largest absolute Gasteiger partial charge is 0.398 e. The van der Waals surface area contributed by atoms with E-state index in [2.05, 4.69) is 0 Å². The van der Waals surface area contributed by atoms with E-state index in [1.54, 1.807) is 18.2 Å². The van der Waals surface area contributed by atoms with E-state index >= 15 is 0 Å². The maximum Gasteiger partial charge on any atom is 0.253 e. The number of carbonyl (C=O) groups excluding carboxylic acids is 1. The standard InChI is InChI=1S/C18H20FN3O2/c1-2-22(8-9-23)18(24)13-6-7-16(20)15(11-13)17(21)12-4-3-5-14(19)10-12/h3-7,10-11,21,23H,2,8-9,20H2,1H3. The highest BCUT2D eigenvalue weighted by atomic mass is 19.1. The van der Waals surface area contributed by atoms with Crippen molar-refractivity contribution >= 4 is 17.3 Å². The molecule has 6 heteroatoms. The molecule has 0 saturated heterocycles. The summed E-state index contributed by atoms with van der Waals surface area (Å²) >= 11 is 0. The molecule has 0 spiro atoms. The van der Waals surface area contributed by atoms with Crippen LogP contribution < -0.4 is 5.73 Å². The molecule has 0 aliphatic rings. The fourth-order valence-electron chi connectivity index (χ4n) is 2.41. The predicted molar refractivity (Wildman–Crippen MR) is 91.8 cm³/mol. The molecule has 2 aromatic carbocycles. The SMILES string of the molecule is CCN(CCO)C(=O)c1ccc(N)c(C(=N)c2cccc(F)c2)c1. The second-order valence-electron chi connectivity index (χ2n) is 5.30. The molecule has 2 aromatic rings. The number of nitrogens with two attached hydrogens (primary N) is 1. The Bertz CT molecular complexity index is 762. The van der Waals surface area contributed by atoms with E-state index in [9.17, 15) is 9.18 Å². The first-order valence-electron chi connectivity index (χ1n) is 7.62. The quantitative estimate of drug-likeness (QED) is 0.561. The summed E-state index contributed by atoms with van der Waals surface area (Å²) in [4.78, 5) is 14.0. The summed E-state index contributed by atoms with van der Waals surface area (Å²) in [5.41, 5.74) is 7.44. The lowest BCUT2D eigenvalue weighted by atomic mass is 9.98. The maximum absolute atomic E-state index is 13.4. The Balaban J connectivity index is 2.38. The third kappa shape index (κ3) is 3.78. The Morgan fingerprint density at radius 1 is 1.25 bits per heavy atom. The van der Waals surface area contributed by atoms with Gasteiger partial charge in [-0.15, -0.1) is 0 Å². The van der Waals surface area contributed by atoms with Crippen molar-refractivity contribution in [1.82, 2.24) is 4.90 Å². The topological polar surface area (TPSA) is 90.4 Å². The molecule has 24 heavy (non-hydrogen) atoms. The molecule has 126 valence electrons. The molecule has 0 radical (unpaired) electrons. The van der Waals surface area contributed by atoms with Crippen LogP contribution in [0.1, 0.15) is 28.4 Å². The second kappa shape index (κ2) is 7.70. The molecule has 0 fully saturated rings. The summed E-state index contributed by atoms with van der Waals surface area (Å²) < 4.78 is 13.4. The zero-order valence-electron chi connectivity index (χ0n) is 13.4. The van der Waals surface area contributed by atoms with E-state index < -0.39 is 5.82 Å². The van der Waals surface area contributed by atoms with Gasteiger partial charge in [-0.3, -0.25) is 10.2 Å². The molecule has 0 heterocycles. The van der Waals surface area contributed by atoms with Crippen LogP contribution in [0.2, 0.25) is 0 Å². The number of aliphatic hydroxyl groups is 1. The van der Waals surface area contributed by atoms with Gasteiger partial charge in [0, 0.05) is 35.5 Å². The lowest BCUT2D eigenvalue weighted by Crippen LogP contribution is -2.33. The van der Waals surface area contributed by atoms with Crippen LogP contribution in [0.4, 0.5) is 10.1 Å². The van der Waals surface area contributed by atoms with E-state index in [1.807, 2.05) is 6.92 Å². The van der Waals surface area contributed by atoms with Gasteiger partial charge in [-0.1, -0.05) is 12.1 Å². The van der Waals surface area contributed by atoms with Crippen molar-refractivity contribution in [3.05, 3.63) is 65.0 Å². The number of halogens is 1. The van der Waals surface area contributed by atoms with E-state index in [4.69, 9.17) is 16.2 Å². The summed E-state index contributed by atoms with van der Waals surface area (Å²) in [6.07, 6.45) is 0. The second-order valence-corrected chi connectivity index (χ2v) is 5.30. The minimum atomic E-state index is -0.442. The predicted octanol–water partition coefficient (Wildman–Crippen LogP) is 2.28. The van der Waals surface area contributed by atoms with Gasteiger partial charge in [0.05, 0.1) is 12.3 Å². The average molecular weight is 329 g/mol. The smallest absolute Gasteiger partial charge is 0.253 e. The number of nitrogens with one attached hydrogen (secondary N) is 1. The molecule has 1 amide bonds. The van der Waals surface area contributed by atoms with Crippen molar-refractivity contribution < 1.29 is 14.3 Å². The van der Waals surface area contributed by atoms with Gasteiger partial charge >= 0.3 is 0 Å². The zero-order chi connectivity index (χ0) is 17.7. The normalized spacial score (nSPS) is 10.5. The fraction of sp³-hybridized carbons (Fsp3) is 0.222. The van der Waals surface area contributed by atoms with Gasteiger partial charge in [0.2, 0.25) is 0 Å². The number of benzene rings is 2. The Kier molecular flexibility index (Phi) is 5.65. The van der Waals surface area contributed by atoms with E-state index in [-0.39, 0.29) is 24.8 Å². The van der Waals surface area contributed by atoms with Crippen LogP contribution in [0.5, 0.6) is 0 Å². The Hall–Kier alpha value is -2.73. The number of likely N-dealkylation sites (N-methyl/N-ethyl adjacent to an activating group) is 1. The van der Waals surface area contributed by atoms with Crippen molar-refractivity contribution in [3.8, 4) is 0 Å². The van der Waals surface area contributed by atoms with Gasteiger partial charge < -0.3 is 15.7 Å². The summed E-state index contributed by atoms with van der Waals surface area (Å²) in [6.45, 7) is 2.39. The zero-order valence-corrected chi connectivity index (χ0v) is 13.4. The van der Waals surface area contributed by atoms with E-state index in [0.29, 0.717) is 28.9 Å². The lowest BCUT2D eigenvalue weighted by molar-refractivity contribution is 0.0732. The Morgan fingerprint density at radius 3 is 2.62 bits per heavy atom. The number of nitrogens with zero attached hydrogens (tertiary/aromatic N) is 1. The van der Waals surface area contributed by atoms with Crippen molar-refractivity contribution in [2.45, 2.75) is 6.92 Å². The first kappa shape index (κ1) is 17.6. The highest BCUT2D eigenvalue weighted by Crippen LogP contribution is 2.20. The van der Waals surface area contributed by atoms with Crippen LogP contribution in [0.15, 0.2) is 42.5 Å². The van der Waals surface area contributed by atoms with Gasteiger partial charge in [0.1, 0.15) is 5.82 Å². The number of anilines is 1.